The van der Waals surface area contributed by atoms with Gasteiger partial charge in [-0.05, 0) is 68.8 Å². The maximum absolute atomic E-state index is 12.2. The summed E-state index contributed by atoms with van der Waals surface area (Å²) in [6, 6.07) is 15.1. The zero-order chi connectivity index (χ0) is 62.9. The fraction of sp³-hybridized carbons (Fsp3) is 0.482. The quantitative estimate of drug-likeness (QED) is 0.0727. The van der Waals surface area contributed by atoms with Gasteiger partial charge in [0.05, 0.1) is 76.8 Å². The van der Waals surface area contributed by atoms with Crippen LogP contribution in [0, 0.1) is 0 Å². The molecule has 0 bridgehead atoms. The van der Waals surface area contributed by atoms with Crippen molar-refractivity contribution in [3.63, 3.8) is 0 Å². The lowest BCUT2D eigenvalue weighted by Gasteiger charge is -2.36. The molecule has 0 spiro atoms. The van der Waals surface area contributed by atoms with Crippen molar-refractivity contribution < 1.29 is 34.8 Å². The summed E-state index contributed by atoms with van der Waals surface area (Å²) in [5, 5.41) is 37.0. The first-order valence-corrected chi connectivity index (χ1v) is 35.2. The highest BCUT2D eigenvalue weighted by molar-refractivity contribution is 7.89. The van der Waals surface area contributed by atoms with Crippen molar-refractivity contribution in [1.29, 1.82) is 0 Å². The number of benzene rings is 4. The average molecular weight is 1350 g/mol. The van der Waals surface area contributed by atoms with Gasteiger partial charge >= 0.3 is 0 Å². The Morgan fingerprint density at radius 3 is 1.10 bits per heavy atom. The van der Waals surface area contributed by atoms with Gasteiger partial charge < -0.3 is 29.7 Å². The van der Waals surface area contributed by atoms with Crippen LogP contribution in [0.2, 0.25) is 20.1 Å². The highest BCUT2D eigenvalue weighted by Crippen LogP contribution is 2.35. The Bertz CT molecular complexity index is 4010. The van der Waals surface area contributed by atoms with Gasteiger partial charge in [-0.1, -0.05) is 53.3 Å². The Morgan fingerprint density at radius 2 is 0.807 bits per heavy atom. The second kappa shape index (κ2) is 29.5. The number of ether oxygens (including phenoxy) is 1. The summed E-state index contributed by atoms with van der Waals surface area (Å²) in [7, 11) is -6.38. The van der Waals surface area contributed by atoms with Gasteiger partial charge in [0.15, 0.2) is 0 Å². The van der Waals surface area contributed by atoms with E-state index in [9.17, 15) is 30.0 Å². The number of amides is 1. The summed E-state index contributed by atoms with van der Waals surface area (Å²) in [6.07, 6.45) is 7.80. The number of sulfonamides is 3. The van der Waals surface area contributed by atoms with Crippen LogP contribution in [0.4, 0.5) is 22.7 Å². The Hall–Kier alpha value is -5.76. The number of nitrogens with zero attached hydrogens (tertiary/aromatic N) is 12. The van der Waals surface area contributed by atoms with Crippen LogP contribution in [-0.4, -0.2) is 239 Å². The number of carbonyl (C=O) groups excluding carboxylic acids is 1. The number of hydrogen-bond acceptors (Lipinski definition) is 17. The average Bonchev–Trinajstić information content (AvgIpc) is 2.87. The molecule has 8 heterocycles. The van der Waals surface area contributed by atoms with Gasteiger partial charge in [0, 0.05) is 183 Å². The van der Waals surface area contributed by atoms with Crippen LogP contribution in [0.25, 0.3) is 43.6 Å². The van der Waals surface area contributed by atoms with Crippen molar-refractivity contribution in [2.24, 2.45) is 0 Å². The molecule has 12 rings (SSSR count). The SMILES string of the molecule is CC(C)S(=O)(=O)N1CCN(c2cc(Cl)cc3[nH]ncc23)CC1.CCCS(=O)(=O)N1CCN(c2cc(Cl)cc3[nH]ncc23)CC1.CNC(=O)CN1CCN(c2cc(Cl)cc3[nH]ncc23)CC1.COCCS(=O)(=O)N1CCN(c2cc(Cl)cc3[nH]ncc23)CC1. The van der Waals surface area contributed by atoms with E-state index in [-0.39, 0.29) is 29.3 Å². The molecule has 1 amide bonds. The molecule has 32 heteroatoms. The Morgan fingerprint density at radius 1 is 0.500 bits per heavy atom. The van der Waals surface area contributed by atoms with Crippen molar-refractivity contribution >= 4 is 149 Å². The van der Waals surface area contributed by atoms with E-state index in [0.29, 0.717) is 112 Å². The lowest BCUT2D eigenvalue weighted by Crippen LogP contribution is -2.50. The number of likely N-dealkylation sites (N-methyl/N-ethyl adjacent to an activating group) is 1. The Balaban J connectivity index is 0.000000140. The Kier molecular flexibility index (Phi) is 22.3. The van der Waals surface area contributed by atoms with Gasteiger partial charge in [0.25, 0.3) is 0 Å². The first kappa shape index (κ1) is 66.7. The van der Waals surface area contributed by atoms with Crippen LogP contribution in [0.1, 0.15) is 27.2 Å². The zero-order valence-electron chi connectivity index (χ0n) is 49.7. The normalized spacial score (nSPS) is 17.1. The second-order valence-corrected chi connectivity index (χ2v) is 30.2. The van der Waals surface area contributed by atoms with Gasteiger partial charge in [0.2, 0.25) is 36.0 Å². The number of piperazine rings is 4. The summed E-state index contributed by atoms with van der Waals surface area (Å²) in [4.78, 5) is 22.4. The predicted octanol–water partition coefficient (Wildman–Crippen LogP) is 6.55. The third kappa shape index (κ3) is 16.0. The number of halogens is 4. The Labute approximate surface area is 533 Å². The molecule has 4 aliphatic rings. The minimum absolute atomic E-state index is 0.0205. The number of rotatable bonds is 15. The summed E-state index contributed by atoms with van der Waals surface area (Å²) < 4.78 is 82.7. The number of fused-ring (bicyclic) bond motifs is 4. The molecule has 4 saturated heterocycles. The van der Waals surface area contributed by atoms with E-state index in [1.807, 2.05) is 61.7 Å². The topological polar surface area (TPSA) is 281 Å². The summed E-state index contributed by atoms with van der Waals surface area (Å²) in [5.74, 6) is 0.298. The molecule has 4 aliphatic heterocycles. The molecule has 4 aromatic heterocycles. The van der Waals surface area contributed by atoms with E-state index < -0.39 is 30.1 Å². The number of H-pyrrole nitrogens is 4. The third-order valence-electron chi connectivity index (χ3n) is 15.9. The highest BCUT2D eigenvalue weighted by Gasteiger charge is 2.32. The van der Waals surface area contributed by atoms with E-state index in [1.54, 1.807) is 48.1 Å². The molecule has 4 aromatic carbocycles. The van der Waals surface area contributed by atoms with Crippen molar-refractivity contribution in [2.45, 2.75) is 32.4 Å². The maximum atomic E-state index is 12.2. The van der Waals surface area contributed by atoms with Gasteiger partial charge in [-0.3, -0.25) is 30.1 Å². The lowest BCUT2D eigenvalue weighted by molar-refractivity contribution is -0.121. The number of nitrogens with one attached hydrogen (secondary N) is 5. The first-order valence-electron chi connectivity index (χ1n) is 29.0. The number of carbonyl (C=O) groups is 1. The molecule has 0 radical (unpaired) electrons. The van der Waals surface area contributed by atoms with Gasteiger partial charge in [0.1, 0.15) is 0 Å². The molecule has 25 nitrogen and oxygen atoms in total. The minimum Gasteiger partial charge on any atom is -0.384 e. The van der Waals surface area contributed by atoms with Gasteiger partial charge in [-0.15, -0.1) is 0 Å². The number of methoxy groups -OCH3 is 1. The summed E-state index contributed by atoms with van der Waals surface area (Å²) >= 11 is 24.7. The van der Waals surface area contributed by atoms with Crippen LogP contribution in [0.15, 0.2) is 73.3 Å². The smallest absolute Gasteiger partial charge is 0.233 e. The summed E-state index contributed by atoms with van der Waals surface area (Å²) in [6.45, 7) is 16.2. The molecular formula is C56H75Cl4N17O8S3. The number of hydrogen-bond donors (Lipinski definition) is 5. The van der Waals surface area contributed by atoms with E-state index >= 15 is 0 Å². The minimum atomic E-state index is -3.25. The first-order chi connectivity index (χ1) is 42.1. The van der Waals surface area contributed by atoms with Crippen molar-refractivity contribution in [1.82, 2.24) is 63.9 Å². The van der Waals surface area contributed by atoms with E-state index in [1.165, 1.54) is 11.4 Å². The lowest BCUT2D eigenvalue weighted by atomic mass is 10.2. The molecular weight excluding hydrogens is 1280 g/mol. The van der Waals surface area contributed by atoms with Crippen LogP contribution in [-0.2, 0) is 39.6 Å². The zero-order valence-corrected chi connectivity index (χ0v) is 55.2. The molecule has 88 heavy (non-hydrogen) atoms. The maximum Gasteiger partial charge on any atom is 0.233 e. The van der Waals surface area contributed by atoms with Crippen LogP contribution >= 0.6 is 46.4 Å². The van der Waals surface area contributed by atoms with Crippen LogP contribution in [0.3, 0.4) is 0 Å². The number of anilines is 4. The molecule has 0 aliphatic carbocycles. The molecule has 8 aromatic rings. The van der Waals surface area contributed by atoms with Gasteiger partial charge in [-0.2, -0.15) is 33.3 Å². The predicted molar refractivity (Wildman–Crippen MR) is 352 cm³/mol. The highest BCUT2D eigenvalue weighted by atomic mass is 35.5. The largest absolute Gasteiger partial charge is 0.384 e. The molecule has 0 unspecified atom stereocenters. The molecule has 4 fully saturated rings. The fourth-order valence-corrected chi connectivity index (χ4v) is 16.0. The number of aromatic amines is 4. The second-order valence-electron chi connectivity index (χ2n) is 21.8. The monoisotopic (exact) mass is 1350 g/mol. The molecule has 5 N–H and O–H groups in total. The molecule has 0 atom stereocenters. The molecule has 478 valence electrons. The van der Waals surface area contributed by atoms with Crippen molar-refractivity contribution in [2.75, 3.05) is 163 Å². The standard InChI is InChI=1S/C14H18ClN5O.C14H19ClN4O3S.2C14H19ClN4O2S/c1-16-14(21)9-19-2-4-20(5-3-19)13-7-10(15)6-12-11(13)8-17-18-12;1-22-6-7-23(20,21)19-4-2-18(3-5-19)14-9-11(15)8-13-12(14)10-16-17-13;1-10(2)22(20,21)19-5-3-18(4-6-19)14-8-11(15)7-13-12(14)9-16-17-13;1-2-7-22(20,21)19-5-3-18(4-6-19)14-9-11(15)8-13-12(14)10-16-17-13/h6-8H,2-5,9H2,1H3,(H,16,21)(H,17,18);8-10H,2-7H2,1H3,(H,16,17);7-10H,3-6H2,1-2H3,(H,16,17);8-10H,2-7H2,1H3,(H,16,17). The van der Waals surface area contributed by atoms with E-state index in [4.69, 9.17) is 51.1 Å². The van der Waals surface area contributed by atoms with Crippen molar-refractivity contribution in [3.05, 3.63) is 93.4 Å². The van der Waals surface area contributed by atoms with E-state index in [2.05, 4.69) is 70.6 Å². The van der Waals surface area contributed by atoms with Crippen LogP contribution < -0.4 is 24.9 Å². The van der Waals surface area contributed by atoms with E-state index in [0.717, 1.165) is 92.5 Å². The van der Waals surface area contributed by atoms with Crippen molar-refractivity contribution in [3.8, 4) is 0 Å². The number of aromatic nitrogens is 8. The van der Waals surface area contributed by atoms with Gasteiger partial charge in [-0.25, -0.2) is 25.3 Å². The molecule has 0 saturated carbocycles. The van der Waals surface area contributed by atoms with Crippen LogP contribution in [0.5, 0.6) is 0 Å². The third-order valence-corrected chi connectivity index (χ3v) is 22.9. The fourth-order valence-electron chi connectivity index (χ4n) is 11.1. The summed E-state index contributed by atoms with van der Waals surface area (Å²) in [5.41, 5.74) is 7.69.